The molecule has 3 heterocycles. The maximum atomic E-state index is 12.4. The van der Waals surface area contributed by atoms with Crippen LogP contribution >= 0.6 is 0 Å². The second-order valence-corrected chi connectivity index (χ2v) is 28.3. The lowest BCUT2D eigenvalue weighted by atomic mass is 9.78. The number of ether oxygens (including phenoxy) is 4. The van der Waals surface area contributed by atoms with E-state index in [0.29, 0.717) is 52.2 Å². The smallest absolute Gasteiger partial charge is 0.306 e. The predicted octanol–water partition coefficient (Wildman–Crippen LogP) is 10.1. The van der Waals surface area contributed by atoms with Crippen molar-refractivity contribution in [3.63, 3.8) is 0 Å². The maximum Gasteiger partial charge on any atom is 0.306 e. The summed E-state index contributed by atoms with van der Waals surface area (Å²) in [5.41, 5.74) is 6.54. The Morgan fingerprint density at radius 3 is 2.11 bits per heavy atom. The number of hydrogen-bond donors (Lipinski definition) is 0. The van der Waals surface area contributed by atoms with Gasteiger partial charge in [-0.1, -0.05) is 75.7 Å². The fraction of sp³-hybridized carbons (Fsp3) is 0.535. The zero-order valence-corrected chi connectivity index (χ0v) is 36.5. The summed E-state index contributed by atoms with van der Waals surface area (Å²) in [6, 6.07) is 16.5. The SMILES string of the molecule is CCO/C=C\c1c(C2CCC(CC(=O)OCC)CC2)nc2c(-c3ccc(-c4ccccc4)nc3)cnn2c1N(COCC[Si](C)(C)C)COCC[Si](C)(C)C. The summed E-state index contributed by atoms with van der Waals surface area (Å²) in [4.78, 5) is 24.9. The average Bonchev–Trinajstić information content (AvgIpc) is 3.58. The van der Waals surface area contributed by atoms with E-state index in [1.54, 1.807) is 6.26 Å². The third kappa shape index (κ3) is 12.3. The Labute approximate surface area is 330 Å². The summed E-state index contributed by atoms with van der Waals surface area (Å²) < 4.78 is 26.0. The van der Waals surface area contributed by atoms with Crippen molar-refractivity contribution in [3.05, 3.63) is 72.4 Å². The van der Waals surface area contributed by atoms with Crippen LogP contribution in [0.2, 0.25) is 51.4 Å². The van der Waals surface area contributed by atoms with Gasteiger partial charge in [-0.25, -0.2) is 4.98 Å². The second kappa shape index (κ2) is 19.8. The Morgan fingerprint density at radius 2 is 1.53 bits per heavy atom. The molecule has 0 unspecified atom stereocenters. The van der Waals surface area contributed by atoms with Crippen molar-refractivity contribution in [2.75, 3.05) is 44.8 Å². The molecule has 10 nitrogen and oxygen atoms in total. The standard InChI is InChI=1S/C43H63N5O5Si2/c1-9-50-23-22-37-41(35-18-16-33(17-19-35)28-40(49)53-10-2)46-42-38(36-20-21-39(44-29-36)34-14-12-11-13-15-34)30-45-48(42)43(37)47(31-51-24-26-54(3,4)5)32-52-25-27-55(6,7)8/h11-15,20-23,29-30,33,35H,9-10,16-19,24-28,31-32H2,1-8H3/b23-22-. The first kappa shape index (κ1) is 42.3. The lowest BCUT2D eigenvalue weighted by molar-refractivity contribution is -0.144. The van der Waals surface area contributed by atoms with Crippen LogP contribution in [0.4, 0.5) is 5.82 Å². The quantitative estimate of drug-likeness (QED) is 0.0285. The number of nitrogens with zero attached hydrogens (tertiary/aromatic N) is 5. The van der Waals surface area contributed by atoms with Crippen LogP contribution in [0, 0.1) is 5.92 Å². The molecule has 298 valence electrons. The molecule has 5 rings (SSSR count). The van der Waals surface area contributed by atoms with Crippen LogP contribution in [0.3, 0.4) is 0 Å². The van der Waals surface area contributed by atoms with Gasteiger partial charge in [0.2, 0.25) is 0 Å². The maximum absolute atomic E-state index is 12.4. The van der Waals surface area contributed by atoms with E-state index in [1.165, 1.54) is 0 Å². The van der Waals surface area contributed by atoms with Crippen molar-refractivity contribution >= 4 is 39.7 Å². The van der Waals surface area contributed by atoms with E-state index in [1.807, 2.05) is 55.0 Å². The number of rotatable bonds is 20. The van der Waals surface area contributed by atoms with Gasteiger partial charge in [0.1, 0.15) is 19.3 Å². The molecule has 0 amide bonds. The molecule has 0 radical (unpaired) electrons. The first-order valence-corrected chi connectivity index (χ1v) is 27.6. The highest BCUT2D eigenvalue weighted by Crippen LogP contribution is 2.42. The Hall–Kier alpha value is -3.85. The molecule has 0 aliphatic heterocycles. The van der Waals surface area contributed by atoms with Gasteiger partial charge < -0.3 is 23.8 Å². The van der Waals surface area contributed by atoms with Gasteiger partial charge >= 0.3 is 5.97 Å². The fourth-order valence-electron chi connectivity index (χ4n) is 6.89. The van der Waals surface area contributed by atoms with E-state index in [2.05, 4.69) is 68.4 Å². The molecule has 3 aromatic heterocycles. The minimum Gasteiger partial charge on any atom is -0.501 e. The molecule has 1 aliphatic carbocycles. The summed E-state index contributed by atoms with van der Waals surface area (Å²) in [7, 11) is -2.62. The van der Waals surface area contributed by atoms with Crippen molar-refractivity contribution in [2.45, 2.75) is 103 Å². The van der Waals surface area contributed by atoms with Gasteiger partial charge in [-0.05, 0) is 69.7 Å². The number of esters is 1. The van der Waals surface area contributed by atoms with Crippen molar-refractivity contribution in [1.82, 2.24) is 19.6 Å². The minimum atomic E-state index is -1.31. The zero-order chi connectivity index (χ0) is 39.4. The number of aromatic nitrogens is 4. The summed E-state index contributed by atoms with van der Waals surface area (Å²) >= 11 is 0. The molecular formula is C43H63N5O5Si2. The topological polar surface area (TPSA) is 100 Å². The number of carbonyl (C=O) groups is 1. The summed E-state index contributed by atoms with van der Waals surface area (Å²) in [5, 5.41) is 5.03. The lowest BCUT2D eigenvalue weighted by Crippen LogP contribution is -2.34. The van der Waals surface area contributed by atoms with E-state index in [9.17, 15) is 4.79 Å². The molecule has 1 aromatic carbocycles. The molecule has 0 saturated heterocycles. The number of benzene rings is 1. The number of hydrogen-bond acceptors (Lipinski definition) is 9. The van der Waals surface area contributed by atoms with Gasteiger partial charge in [-0.2, -0.15) is 9.61 Å². The Morgan fingerprint density at radius 1 is 0.855 bits per heavy atom. The van der Waals surface area contributed by atoms with Crippen LogP contribution < -0.4 is 4.90 Å². The fourth-order valence-corrected chi connectivity index (χ4v) is 8.41. The Kier molecular flexibility index (Phi) is 15.3. The molecule has 55 heavy (non-hydrogen) atoms. The summed E-state index contributed by atoms with van der Waals surface area (Å²) in [6.07, 6.45) is 11.8. The van der Waals surface area contributed by atoms with Gasteiger partial charge in [-0.15, -0.1) is 0 Å². The first-order chi connectivity index (χ1) is 26.4. The van der Waals surface area contributed by atoms with E-state index in [-0.39, 0.29) is 11.9 Å². The van der Waals surface area contributed by atoms with Crippen LogP contribution in [0.5, 0.6) is 0 Å². The summed E-state index contributed by atoms with van der Waals surface area (Å²) in [6.45, 7) is 21.1. The van der Waals surface area contributed by atoms with Crippen LogP contribution in [-0.2, 0) is 23.7 Å². The molecular weight excluding hydrogens is 723 g/mol. The normalized spacial score (nSPS) is 16.5. The van der Waals surface area contributed by atoms with Crippen molar-refractivity contribution < 1.29 is 23.7 Å². The molecule has 0 bridgehead atoms. The molecule has 1 aliphatic rings. The zero-order valence-electron chi connectivity index (χ0n) is 34.5. The largest absolute Gasteiger partial charge is 0.501 e. The Bertz CT molecular complexity index is 1810. The molecule has 0 atom stereocenters. The van der Waals surface area contributed by atoms with Gasteiger partial charge in [0.25, 0.3) is 0 Å². The van der Waals surface area contributed by atoms with Crippen LogP contribution in [0.1, 0.15) is 63.1 Å². The van der Waals surface area contributed by atoms with E-state index >= 15 is 0 Å². The van der Waals surface area contributed by atoms with Gasteiger partial charge in [0.05, 0.1) is 37.1 Å². The number of pyridine rings is 1. The molecule has 0 N–H and O–H groups in total. The number of anilines is 1. The second-order valence-electron chi connectivity index (χ2n) is 17.0. The number of carbonyl (C=O) groups excluding carboxylic acids is 1. The molecule has 4 aromatic rings. The van der Waals surface area contributed by atoms with Crippen molar-refractivity contribution in [1.29, 1.82) is 0 Å². The lowest BCUT2D eigenvalue weighted by Gasteiger charge is -2.32. The highest BCUT2D eigenvalue weighted by molar-refractivity contribution is 6.76. The van der Waals surface area contributed by atoms with Crippen LogP contribution in [-0.4, -0.2) is 81.6 Å². The third-order valence-corrected chi connectivity index (χ3v) is 13.5. The van der Waals surface area contributed by atoms with E-state index < -0.39 is 16.1 Å². The van der Waals surface area contributed by atoms with Crippen LogP contribution in [0.25, 0.3) is 34.1 Å². The highest BCUT2D eigenvalue weighted by Gasteiger charge is 2.31. The molecule has 1 fully saturated rings. The minimum absolute atomic E-state index is 0.109. The van der Waals surface area contributed by atoms with Crippen molar-refractivity contribution in [3.8, 4) is 22.4 Å². The average molecular weight is 786 g/mol. The van der Waals surface area contributed by atoms with E-state index in [4.69, 9.17) is 34.0 Å². The summed E-state index contributed by atoms with van der Waals surface area (Å²) in [5.74, 6) is 1.23. The predicted molar refractivity (Wildman–Crippen MR) is 229 cm³/mol. The van der Waals surface area contributed by atoms with Crippen LogP contribution in [0.15, 0.2) is 61.1 Å². The molecule has 1 saturated carbocycles. The van der Waals surface area contributed by atoms with Crippen molar-refractivity contribution in [2.24, 2.45) is 5.92 Å². The van der Waals surface area contributed by atoms with Gasteiger partial charge in [0.15, 0.2) is 5.65 Å². The van der Waals surface area contributed by atoms with Gasteiger partial charge in [-0.3, -0.25) is 9.78 Å². The molecule has 12 heteroatoms. The highest BCUT2D eigenvalue weighted by atomic mass is 28.3. The molecule has 0 spiro atoms. The Balaban J connectivity index is 1.61. The first-order valence-electron chi connectivity index (χ1n) is 20.1. The monoisotopic (exact) mass is 785 g/mol. The van der Waals surface area contributed by atoms with E-state index in [0.717, 1.165) is 82.9 Å². The number of fused-ring (bicyclic) bond motifs is 1. The van der Waals surface area contributed by atoms with Gasteiger partial charge in [0, 0.05) is 70.2 Å². The third-order valence-electron chi connectivity index (χ3n) is 10.1.